The molecule has 5 nitrogen and oxygen atoms in total. The van der Waals surface area contributed by atoms with E-state index < -0.39 is 6.04 Å². The highest BCUT2D eigenvalue weighted by molar-refractivity contribution is 7.09. The van der Waals surface area contributed by atoms with Gasteiger partial charge >= 0.3 is 0 Å². The molecule has 0 bridgehead atoms. The number of nitrogens with one attached hydrogen (secondary N) is 1. The summed E-state index contributed by atoms with van der Waals surface area (Å²) in [6, 6.07) is 19.6. The Morgan fingerprint density at radius 2 is 1.70 bits per heavy atom. The van der Waals surface area contributed by atoms with Gasteiger partial charge in [-0.15, -0.1) is 11.3 Å². The minimum absolute atomic E-state index is 0.0748. The van der Waals surface area contributed by atoms with Gasteiger partial charge in [0.1, 0.15) is 11.8 Å². The normalized spacial score (nSPS) is 11.7. The van der Waals surface area contributed by atoms with Gasteiger partial charge in [0.25, 0.3) is 5.91 Å². The Labute approximate surface area is 181 Å². The first-order valence-electron chi connectivity index (χ1n) is 9.83. The quantitative estimate of drug-likeness (QED) is 0.570. The molecule has 0 aliphatic carbocycles. The lowest BCUT2D eigenvalue weighted by atomic mass is 10.0. The largest absolute Gasteiger partial charge is 0.497 e. The summed E-state index contributed by atoms with van der Waals surface area (Å²) in [6.07, 6.45) is 0. The van der Waals surface area contributed by atoms with Crippen molar-refractivity contribution in [1.29, 1.82) is 0 Å². The molecule has 0 fully saturated rings. The first-order chi connectivity index (χ1) is 14.5. The van der Waals surface area contributed by atoms with Crippen LogP contribution in [0.15, 0.2) is 72.1 Å². The molecule has 156 valence electrons. The topological polar surface area (TPSA) is 58.6 Å². The van der Waals surface area contributed by atoms with Gasteiger partial charge in [0.15, 0.2) is 0 Å². The van der Waals surface area contributed by atoms with E-state index in [2.05, 4.69) is 5.32 Å². The third-order valence-corrected chi connectivity index (χ3v) is 5.66. The smallest absolute Gasteiger partial charge is 0.251 e. The zero-order valence-electron chi connectivity index (χ0n) is 17.4. The summed E-state index contributed by atoms with van der Waals surface area (Å²) in [5.41, 5.74) is 1.29. The monoisotopic (exact) mass is 422 g/mol. The molecule has 30 heavy (non-hydrogen) atoms. The van der Waals surface area contributed by atoms with Gasteiger partial charge in [-0.05, 0) is 53.8 Å². The second-order valence-corrected chi connectivity index (χ2v) is 8.30. The zero-order valence-corrected chi connectivity index (χ0v) is 18.2. The lowest BCUT2D eigenvalue weighted by molar-refractivity contribution is -0.121. The summed E-state index contributed by atoms with van der Waals surface area (Å²) in [5.74, 6) is 0.246. The number of ether oxygens (including phenoxy) is 1. The van der Waals surface area contributed by atoms with E-state index >= 15 is 0 Å². The molecule has 0 radical (unpaired) electrons. The molecule has 0 unspecified atom stereocenters. The van der Waals surface area contributed by atoms with Gasteiger partial charge in [-0.25, -0.2) is 0 Å². The average molecular weight is 423 g/mol. The minimum Gasteiger partial charge on any atom is -0.497 e. The maximum absolute atomic E-state index is 13.6. The van der Waals surface area contributed by atoms with Gasteiger partial charge in [-0.2, -0.15) is 0 Å². The molecule has 0 saturated heterocycles. The van der Waals surface area contributed by atoms with Gasteiger partial charge in [-0.3, -0.25) is 9.59 Å². The number of carbonyl (C=O) groups excluding carboxylic acids is 2. The average Bonchev–Trinajstić information content (AvgIpc) is 3.29. The van der Waals surface area contributed by atoms with Gasteiger partial charge in [0, 0.05) is 16.1 Å². The van der Waals surface area contributed by atoms with Crippen molar-refractivity contribution in [2.24, 2.45) is 5.92 Å². The zero-order chi connectivity index (χ0) is 21.5. The standard InChI is InChI=1S/C24H26N2O3S/c1-17(2)22(25-23(27)18-8-5-4-6-9-18)24(28)26(16-21-10-7-15-30-21)19-11-13-20(29-3)14-12-19/h4-15,17,22H,16H2,1-3H3,(H,25,27)/t22-/m0/s1. The third kappa shape index (κ3) is 5.27. The number of rotatable bonds is 8. The van der Waals surface area contributed by atoms with Crippen LogP contribution in [0.25, 0.3) is 0 Å². The van der Waals surface area contributed by atoms with Crippen LogP contribution < -0.4 is 15.0 Å². The highest BCUT2D eigenvalue weighted by Gasteiger charge is 2.30. The first-order valence-corrected chi connectivity index (χ1v) is 10.7. The molecule has 1 atom stereocenters. The molecule has 2 aromatic carbocycles. The Bertz CT molecular complexity index is 954. The second-order valence-electron chi connectivity index (χ2n) is 7.26. The Hall–Kier alpha value is -3.12. The molecule has 0 aliphatic heterocycles. The van der Waals surface area contributed by atoms with Crippen LogP contribution >= 0.6 is 11.3 Å². The molecule has 1 heterocycles. The summed E-state index contributed by atoms with van der Waals surface area (Å²) in [7, 11) is 1.61. The van der Waals surface area contributed by atoms with Crippen molar-refractivity contribution in [3.05, 3.63) is 82.6 Å². The van der Waals surface area contributed by atoms with E-state index in [1.807, 2.05) is 73.8 Å². The molecule has 1 N–H and O–H groups in total. The van der Waals surface area contributed by atoms with E-state index in [0.717, 1.165) is 16.3 Å². The lowest BCUT2D eigenvalue weighted by Crippen LogP contribution is -2.51. The van der Waals surface area contributed by atoms with E-state index in [4.69, 9.17) is 4.74 Å². The van der Waals surface area contributed by atoms with E-state index in [0.29, 0.717) is 12.1 Å². The highest BCUT2D eigenvalue weighted by Crippen LogP contribution is 2.24. The number of methoxy groups -OCH3 is 1. The molecular weight excluding hydrogens is 396 g/mol. The fourth-order valence-corrected chi connectivity index (χ4v) is 3.81. The van der Waals surface area contributed by atoms with Crippen LogP contribution in [0.5, 0.6) is 5.75 Å². The number of nitrogens with zero attached hydrogens (tertiary/aromatic N) is 1. The number of benzene rings is 2. The second kappa shape index (κ2) is 10.1. The van der Waals surface area contributed by atoms with Crippen LogP contribution in [0.2, 0.25) is 0 Å². The van der Waals surface area contributed by atoms with Crippen molar-refractivity contribution >= 4 is 28.8 Å². The van der Waals surface area contributed by atoms with Crippen molar-refractivity contribution in [1.82, 2.24) is 5.32 Å². The van der Waals surface area contributed by atoms with Gasteiger partial charge in [0.05, 0.1) is 13.7 Å². The van der Waals surface area contributed by atoms with Crippen LogP contribution in [-0.2, 0) is 11.3 Å². The van der Waals surface area contributed by atoms with E-state index in [1.54, 1.807) is 35.5 Å². The SMILES string of the molecule is COc1ccc(N(Cc2cccs2)C(=O)[C@@H](NC(=O)c2ccccc2)C(C)C)cc1. The Balaban J connectivity index is 1.88. The number of carbonyl (C=O) groups is 2. The predicted octanol–water partition coefficient (Wildman–Crippen LogP) is 4.74. The van der Waals surface area contributed by atoms with E-state index in [1.165, 1.54) is 0 Å². The van der Waals surface area contributed by atoms with Gasteiger partial charge in [-0.1, -0.05) is 38.1 Å². The third-order valence-electron chi connectivity index (χ3n) is 4.80. The maximum atomic E-state index is 13.6. The Morgan fingerprint density at radius 1 is 1.00 bits per heavy atom. The predicted molar refractivity (Wildman–Crippen MR) is 121 cm³/mol. The van der Waals surface area contributed by atoms with Crippen LogP contribution in [0.4, 0.5) is 5.69 Å². The van der Waals surface area contributed by atoms with E-state index in [-0.39, 0.29) is 17.7 Å². The number of thiophene rings is 1. The van der Waals surface area contributed by atoms with Gasteiger partial charge in [0.2, 0.25) is 5.91 Å². The molecule has 0 aliphatic rings. The summed E-state index contributed by atoms with van der Waals surface area (Å²) in [6.45, 7) is 4.31. The molecule has 0 saturated carbocycles. The number of hydrogen-bond acceptors (Lipinski definition) is 4. The summed E-state index contributed by atoms with van der Waals surface area (Å²) < 4.78 is 5.24. The summed E-state index contributed by atoms with van der Waals surface area (Å²) in [5, 5.41) is 4.92. The van der Waals surface area contributed by atoms with Crippen molar-refractivity contribution in [2.75, 3.05) is 12.0 Å². The van der Waals surface area contributed by atoms with Crippen molar-refractivity contribution < 1.29 is 14.3 Å². The fraction of sp³-hybridized carbons (Fsp3) is 0.250. The Kier molecular flexibility index (Phi) is 7.25. The first kappa shape index (κ1) is 21.6. The number of anilines is 1. The van der Waals surface area contributed by atoms with Crippen LogP contribution in [-0.4, -0.2) is 25.0 Å². The van der Waals surface area contributed by atoms with Crippen molar-refractivity contribution in [3.63, 3.8) is 0 Å². The molecule has 0 spiro atoms. The molecule has 6 heteroatoms. The van der Waals surface area contributed by atoms with Crippen LogP contribution in [0, 0.1) is 5.92 Å². The summed E-state index contributed by atoms with van der Waals surface area (Å²) >= 11 is 1.60. The molecule has 3 aromatic rings. The summed E-state index contributed by atoms with van der Waals surface area (Å²) in [4.78, 5) is 29.1. The molecule has 2 amide bonds. The van der Waals surface area contributed by atoms with Gasteiger partial charge < -0.3 is 15.0 Å². The van der Waals surface area contributed by atoms with Crippen LogP contribution in [0.3, 0.4) is 0 Å². The highest BCUT2D eigenvalue weighted by atomic mass is 32.1. The van der Waals surface area contributed by atoms with Crippen molar-refractivity contribution in [3.8, 4) is 5.75 Å². The minimum atomic E-state index is -0.653. The van der Waals surface area contributed by atoms with Crippen LogP contribution in [0.1, 0.15) is 29.1 Å². The maximum Gasteiger partial charge on any atom is 0.251 e. The fourth-order valence-electron chi connectivity index (χ4n) is 3.11. The van der Waals surface area contributed by atoms with E-state index in [9.17, 15) is 9.59 Å². The lowest BCUT2D eigenvalue weighted by Gasteiger charge is -2.30. The molecular formula is C24H26N2O3S. The number of amides is 2. The number of hydrogen-bond donors (Lipinski definition) is 1. The molecule has 1 aromatic heterocycles. The Morgan fingerprint density at radius 3 is 2.27 bits per heavy atom. The van der Waals surface area contributed by atoms with Crippen molar-refractivity contribution in [2.45, 2.75) is 26.4 Å². The molecule has 3 rings (SSSR count).